The van der Waals surface area contributed by atoms with Crippen LogP contribution in [0.15, 0.2) is 30.3 Å². The third-order valence-electron chi connectivity index (χ3n) is 4.08. The van der Waals surface area contributed by atoms with Gasteiger partial charge in [0.1, 0.15) is 0 Å². The highest BCUT2D eigenvalue weighted by Crippen LogP contribution is 2.42. The number of ether oxygens (including phenoxy) is 1. The minimum Gasteiger partial charge on any atom is -0.377 e. The van der Waals surface area contributed by atoms with Crippen LogP contribution in [0.5, 0.6) is 0 Å². The van der Waals surface area contributed by atoms with Gasteiger partial charge in [-0.15, -0.1) is 0 Å². The van der Waals surface area contributed by atoms with Crippen molar-refractivity contribution >= 4 is 5.91 Å². The molecule has 7 heteroatoms. The van der Waals surface area contributed by atoms with E-state index in [0.29, 0.717) is 0 Å². The normalized spacial score (nSPS) is 25.0. The zero-order valence-corrected chi connectivity index (χ0v) is 13.0. The summed E-state index contributed by atoms with van der Waals surface area (Å²) < 4.78 is 45.7. The molecule has 1 heterocycles. The predicted octanol–water partition coefficient (Wildman–Crippen LogP) is 2.46. The van der Waals surface area contributed by atoms with Crippen molar-refractivity contribution in [3.8, 4) is 0 Å². The molecule has 3 atom stereocenters. The number of hydrogen-bond acceptors (Lipinski definition) is 3. The minimum absolute atomic E-state index is 0.270. The summed E-state index contributed by atoms with van der Waals surface area (Å²) in [5.74, 6) is -0.739. The molecule has 2 rings (SSSR count). The van der Waals surface area contributed by atoms with Crippen LogP contribution in [0.1, 0.15) is 25.8 Å². The summed E-state index contributed by atoms with van der Waals surface area (Å²) in [4.78, 5) is 13.8. The maximum absolute atomic E-state index is 13.5. The van der Waals surface area contributed by atoms with Crippen LogP contribution in [0.2, 0.25) is 0 Å². The first-order valence-corrected chi connectivity index (χ1v) is 7.40. The molecular weight excluding hydrogens is 311 g/mol. The van der Waals surface area contributed by atoms with Crippen molar-refractivity contribution in [1.82, 2.24) is 4.90 Å². The molecule has 1 fully saturated rings. The molecule has 1 aliphatic rings. The van der Waals surface area contributed by atoms with Crippen LogP contribution in [-0.4, -0.2) is 47.4 Å². The molecule has 3 unspecified atom stereocenters. The third-order valence-corrected chi connectivity index (χ3v) is 4.08. The second-order valence-electron chi connectivity index (χ2n) is 5.94. The van der Waals surface area contributed by atoms with Crippen LogP contribution < -0.4 is 0 Å². The number of carbonyl (C=O) groups is 1. The number of alkyl halides is 3. The number of aliphatic hydroxyl groups is 1. The van der Waals surface area contributed by atoms with E-state index in [4.69, 9.17) is 4.74 Å². The Hall–Kier alpha value is -1.60. The predicted molar refractivity (Wildman–Crippen MR) is 77.6 cm³/mol. The van der Waals surface area contributed by atoms with Crippen LogP contribution in [0.25, 0.3) is 0 Å². The highest BCUT2D eigenvalue weighted by atomic mass is 19.4. The fraction of sp³-hybridized carbons (Fsp3) is 0.562. The Labute approximate surface area is 132 Å². The Balaban J connectivity index is 2.30. The van der Waals surface area contributed by atoms with E-state index in [-0.39, 0.29) is 30.9 Å². The molecule has 4 nitrogen and oxygen atoms in total. The number of nitrogens with zero attached hydrogens (tertiary/aromatic N) is 1. The van der Waals surface area contributed by atoms with E-state index in [2.05, 4.69) is 0 Å². The summed E-state index contributed by atoms with van der Waals surface area (Å²) in [6, 6.07) is 6.03. The lowest BCUT2D eigenvalue weighted by Crippen LogP contribution is -2.55. The fourth-order valence-corrected chi connectivity index (χ4v) is 2.89. The average molecular weight is 331 g/mol. The van der Waals surface area contributed by atoms with Crippen LogP contribution >= 0.6 is 0 Å². The van der Waals surface area contributed by atoms with Gasteiger partial charge in [0.25, 0.3) is 0 Å². The second-order valence-corrected chi connectivity index (χ2v) is 5.94. The van der Waals surface area contributed by atoms with E-state index in [0.717, 1.165) is 0 Å². The summed E-state index contributed by atoms with van der Waals surface area (Å²) in [5.41, 5.74) is -3.54. The van der Waals surface area contributed by atoms with Crippen LogP contribution in [0, 0.1) is 0 Å². The molecule has 0 aromatic heterocycles. The smallest absolute Gasteiger partial charge is 0.377 e. The summed E-state index contributed by atoms with van der Waals surface area (Å²) in [6.45, 7) is 3.96. The first-order valence-electron chi connectivity index (χ1n) is 7.40. The SMILES string of the molecule is CC1COCC(C)N1C(=O)CC(O)(c1ccccc1)C(F)(F)F. The number of carbonyl (C=O) groups excluding carboxylic acids is 1. The molecule has 1 aromatic rings. The van der Waals surface area contributed by atoms with E-state index in [1.807, 2.05) is 0 Å². The number of halogens is 3. The number of morpholine rings is 1. The molecule has 1 N–H and O–H groups in total. The fourth-order valence-electron chi connectivity index (χ4n) is 2.89. The molecule has 23 heavy (non-hydrogen) atoms. The van der Waals surface area contributed by atoms with Gasteiger partial charge in [-0.25, -0.2) is 0 Å². The zero-order chi connectivity index (χ0) is 17.3. The van der Waals surface area contributed by atoms with Crippen molar-refractivity contribution in [2.24, 2.45) is 0 Å². The van der Waals surface area contributed by atoms with Gasteiger partial charge < -0.3 is 14.7 Å². The maximum atomic E-state index is 13.5. The lowest BCUT2D eigenvalue weighted by molar-refractivity contribution is -0.269. The van der Waals surface area contributed by atoms with Crippen LogP contribution in [-0.2, 0) is 15.1 Å². The van der Waals surface area contributed by atoms with Crippen molar-refractivity contribution in [2.45, 2.75) is 44.1 Å². The Morgan fingerprint density at radius 2 is 1.74 bits per heavy atom. The van der Waals surface area contributed by atoms with E-state index in [1.165, 1.54) is 29.2 Å². The standard InChI is InChI=1S/C16H20F3NO3/c1-11-9-23-10-12(2)20(11)14(21)8-15(22,16(17,18)19)13-6-4-3-5-7-13/h3-7,11-12,22H,8-10H2,1-2H3. The molecule has 1 saturated heterocycles. The topological polar surface area (TPSA) is 49.8 Å². The molecule has 0 radical (unpaired) electrons. The summed E-state index contributed by atoms with van der Waals surface area (Å²) in [6.07, 6.45) is -6.00. The van der Waals surface area contributed by atoms with Gasteiger partial charge in [-0.2, -0.15) is 13.2 Å². The number of benzene rings is 1. The van der Waals surface area contributed by atoms with Gasteiger partial charge in [0.15, 0.2) is 5.60 Å². The zero-order valence-electron chi connectivity index (χ0n) is 13.0. The van der Waals surface area contributed by atoms with Gasteiger partial charge in [0.05, 0.1) is 31.7 Å². The monoisotopic (exact) mass is 331 g/mol. The Morgan fingerprint density at radius 3 is 2.22 bits per heavy atom. The molecule has 128 valence electrons. The number of hydrogen-bond donors (Lipinski definition) is 1. The Morgan fingerprint density at radius 1 is 1.22 bits per heavy atom. The molecule has 1 aliphatic heterocycles. The molecule has 1 aromatic carbocycles. The van der Waals surface area contributed by atoms with E-state index in [9.17, 15) is 23.1 Å². The maximum Gasteiger partial charge on any atom is 0.421 e. The molecular formula is C16H20F3NO3. The Bertz CT molecular complexity index is 539. The van der Waals surface area contributed by atoms with Crippen molar-refractivity contribution in [3.63, 3.8) is 0 Å². The summed E-state index contributed by atoms with van der Waals surface area (Å²) >= 11 is 0. The second kappa shape index (κ2) is 6.49. The van der Waals surface area contributed by atoms with Crippen molar-refractivity contribution in [2.75, 3.05) is 13.2 Å². The van der Waals surface area contributed by atoms with Gasteiger partial charge in [-0.1, -0.05) is 30.3 Å². The lowest BCUT2D eigenvalue weighted by atomic mass is 9.88. The molecule has 1 amide bonds. The van der Waals surface area contributed by atoms with E-state index < -0.39 is 24.1 Å². The van der Waals surface area contributed by atoms with Gasteiger partial charge in [-0.3, -0.25) is 4.79 Å². The molecule has 0 spiro atoms. The summed E-state index contributed by atoms with van der Waals surface area (Å²) in [5, 5.41) is 10.3. The first-order chi connectivity index (χ1) is 10.7. The van der Waals surface area contributed by atoms with E-state index in [1.54, 1.807) is 19.9 Å². The van der Waals surface area contributed by atoms with Gasteiger partial charge in [0, 0.05) is 0 Å². The van der Waals surface area contributed by atoms with Crippen molar-refractivity contribution in [3.05, 3.63) is 35.9 Å². The van der Waals surface area contributed by atoms with Crippen molar-refractivity contribution in [1.29, 1.82) is 0 Å². The highest BCUT2D eigenvalue weighted by Gasteiger charge is 2.56. The number of amides is 1. The average Bonchev–Trinajstić information content (AvgIpc) is 2.46. The third kappa shape index (κ3) is 3.50. The Kier molecular flexibility index (Phi) is 5.01. The van der Waals surface area contributed by atoms with Crippen LogP contribution in [0.3, 0.4) is 0 Å². The van der Waals surface area contributed by atoms with Gasteiger partial charge in [-0.05, 0) is 19.4 Å². The van der Waals surface area contributed by atoms with Gasteiger partial charge >= 0.3 is 6.18 Å². The van der Waals surface area contributed by atoms with Crippen LogP contribution in [0.4, 0.5) is 13.2 Å². The summed E-state index contributed by atoms with van der Waals surface area (Å²) in [7, 11) is 0. The molecule has 0 aliphatic carbocycles. The highest BCUT2D eigenvalue weighted by molar-refractivity contribution is 5.78. The minimum atomic E-state index is -4.96. The van der Waals surface area contributed by atoms with E-state index >= 15 is 0 Å². The van der Waals surface area contributed by atoms with Crippen molar-refractivity contribution < 1.29 is 27.8 Å². The number of rotatable bonds is 3. The quantitative estimate of drug-likeness (QED) is 0.926. The first kappa shape index (κ1) is 17.7. The van der Waals surface area contributed by atoms with Gasteiger partial charge in [0.2, 0.25) is 5.91 Å². The lowest BCUT2D eigenvalue weighted by Gasteiger charge is -2.41. The molecule has 0 bridgehead atoms. The molecule has 0 saturated carbocycles. The largest absolute Gasteiger partial charge is 0.421 e.